The Labute approximate surface area is 154 Å². The molecule has 2 aromatic rings. The summed E-state index contributed by atoms with van der Waals surface area (Å²) in [5, 5.41) is 2.82. The molecule has 0 fully saturated rings. The number of methoxy groups -OCH3 is 1. The van der Waals surface area contributed by atoms with Crippen LogP contribution in [0.2, 0.25) is 0 Å². The van der Waals surface area contributed by atoms with Crippen molar-refractivity contribution >= 4 is 17.7 Å². The number of ether oxygens (including phenoxy) is 3. The molecule has 0 aliphatic carbocycles. The molecular formula is C21H25NO4. The zero-order valence-corrected chi connectivity index (χ0v) is 15.6. The molecule has 0 aliphatic heterocycles. The monoisotopic (exact) mass is 355 g/mol. The molecule has 138 valence electrons. The molecule has 1 N–H and O–H groups in total. The molecule has 0 aliphatic rings. The van der Waals surface area contributed by atoms with Crippen LogP contribution in [0, 0.1) is 0 Å². The van der Waals surface area contributed by atoms with Crippen LogP contribution in [0.4, 0.5) is 5.69 Å². The highest BCUT2D eigenvalue weighted by Gasteiger charge is 2.07. The maximum atomic E-state index is 12.2. The van der Waals surface area contributed by atoms with Crippen LogP contribution in [0.3, 0.4) is 0 Å². The number of amides is 1. The third kappa shape index (κ3) is 5.55. The average molecular weight is 355 g/mol. The van der Waals surface area contributed by atoms with Crippen molar-refractivity contribution in [3.8, 4) is 17.2 Å². The fraction of sp³-hybridized carbons (Fsp3) is 0.286. The average Bonchev–Trinajstić information content (AvgIpc) is 2.62. The highest BCUT2D eigenvalue weighted by molar-refractivity contribution is 6.02. The van der Waals surface area contributed by atoms with Crippen LogP contribution in [-0.4, -0.2) is 25.7 Å². The maximum absolute atomic E-state index is 12.2. The Kier molecular flexibility index (Phi) is 7.09. The van der Waals surface area contributed by atoms with E-state index >= 15 is 0 Å². The molecular weight excluding hydrogens is 330 g/mol. The van der Waals surface area contributed by atoms with Gasteiger partial charge in [0.2, 0.25) is 5.91 Å². The van der Waals surface area contributed by atoms with Crippen molar-refractivity contribution in [2.45, 2.75) is 26.9 Å². The van der Waals surface area contributed by atoms with Gasteiger partial charge in [0.25, 0.3) is 0 Å². The summed E-state index contributed by atoms with van der Waals surface area (Å²) >= 11 is 0. The Morgan fingerprint density at radius 3 is 2.58 bits per heavy atom. The number of para-hydroxylation sites is 2. The molecule has 5 nitrogen and oxygen atoms in total. The molecule has 0 radical (unpaired) electrons. The van der Waals surface area contributed by atoms with Crippen LogP contribution in [0.25, 0.3) is 6.08 Å². The summed E-state index contributed by atoms with van der Waals surface area (Å²) in [6.07, 6.45) is 3.25. The second-order valence-electron chi connectivity index (χ2n) is 5.83. The van der Waals surface area contributed by atoms with Crippen molar-refractivity contribution in [3.63, 3.8) is 0 Å². The van der Waals surface area contributed by atoms with E-state index in [0.717, 1.165) is 5.56 Å². The van der Waals surface area contributed by atoms with Gasteiger partial charge in [0.15, 0.2) is 11.5 Å². The largest absolute Gasteiger partial charge is 0.493 e. The molecule has 0 atom stereocenters. The first-order valence-electron chi connectivity index (χ1n) is 8.59. The number of carbonyl (C=O) groups excluding carboxylic acids is 1. The van der Waals surface area contributed by atoms with Gasteiger partial charge >= 0.3 is 0 Å². The van der Waals surface area contributed by atoms with Gasteiger partial charge in [-0.3, -0.25) is 4.79 Å². The van der Waals surface area contributed by atoms with Gasteiger partial charge in [-0.2, -0.15) is 0 Å². The second-order valence-corrected chi connectivity index (χ2v) is 5.83. The van der Waals surface area contributed by atoms with Crippen LogP contribution in [0.1, 0.15) is 26.3 Å². The Morgan fingerprint density at radius 1 is 1.12 bits per heavy atom. The fourth-order valence-corrected chi connectivity index (χ4v) is 2.34. The van der Waals surface area contributed by atoms with Crippen LogP contribution < -0.4 is 19.5 Å². The lowest BCUT2D eigenvalue weighted by molar-refractivity contribution is -0.111. The van der Waals surface area contributed by atoms with Crippen LogP contribution >= 0.6 is 0 Å². The molecule has 2 aromatic carbocycles. The summed E-state index contributed by atoms with van der Waals surface area (Å²) in [4.78, 5) is 12.2. The van der Waals surface area contributed by atoms with E-state index in [0.29, 0.717) is 29.5 Å². The predicted octanol–water partition coefficient (Wildman–Crippen LogP) is 4.53. The minimum Gasteiger partial charge on any atom is -0.493 e. The topological polar surface area (TPSA) is 56.8 Å². The standard InChI is InChI=1S/C21H25NO4/c1-5-25-18-9-7-6-8-17(18)22-21(23)13-11-16-10-12-19(26-15(2)3)20(14-16)24-4/h6-15H,5H2,1-4H3,(H,22,23)/b13-11+. The van der Waals surface area contributed by atoms with Gasteiger partial charge in [-0.15, -0.1) is 0 Å². The summed E-state index contributed by atoms with van der Waals surface area (Å²) in [6, 6.07) is 12.9. The molecule has 0 bridgehead atoms. The van der Waals surface area contributed by atoms with Crippen LogP contribution in [0.15, 0.2) is 48.5 Å². The van der Waals surface area contributed by atoms with E-state index in [1.165, 1.54) is 6.08 Å². The molecule has 26 heavy (non-hydrogen) atoms. The van der Waals surface area contributed by atoms with Gasteiger partial charge in [0.05, 0.1) is 25.5 Å². The van der Waals surface area contributed by atoms with Gasteiger partial charge in [-0.1, -0.05) is 18.2 Å². The number of benzene rings is 2. The van der Waals surface area contributed by atoms with E-state index in [4.69, 9.17) is 14.2 Å². The molecule has 0 aromatic heterocycles. The van der Waals surface area contributed by atoms with Crippen LogP contribution in [0.5, 0.6) is 17.2 Å². The molecule has 2 rings (SSSR count). The van der Waals surface area contributed by atoms with Crippen molar-refractivity contribution in [1.82, 2.24) is 0 Å². The molecule has 5 heteroatoms. The number of rotatable bonds is 8. The molecule has 0 spiro atoms. The lowest BCUT2D eigenvalue weighted by Crippen LogP contribution is -2.09. The summed E-state index contributed by atoms with van der Waals surface area (Å²) in [6.45, 7) is 6.35. The third-order valence-electron chi connectivity index (χ3n) is 3.42. The summed E-state index contributed by atoms with van der Waals surface area (Å²) < 4.78 is 16.6. The van der Waals surface area contributed by atoms with E-state index in [2.05, 4.69) is 5.32 Å². The van der Waals surface area contributed by atoms with E-state index in [1.807, 2.05) is 57.2 Å². The highest BCUT2D eigenvalue weighted by atomic mass is 16.5. The first kappa shape index (κ1) is 19.4. The summed E-state index contributed by atoms with van der Waals surface area (Å²) in [7, 11) is 1.59. The SMILES string of the molecule is CCOc1ccccc1NC(=O)/C=C/c1ccc(OC(C)C)c(OC)c1. The smallest absolute Gasteiger partial charge is 0.248 e. The lowest BCUT2D eigenvalue weighted by atomic mass is 10.2. The summed E-state index contributed by atoms with van der Waals surface area (Å²) in [5.74, 6) is 1.71. The highest BCUT2D eigenvalue weighted by Crippen LogP contribution is 2.29. The van der Waals surface area contributed by atoms with E-state index < -0.39 is 0 Å². The number of nitrogens with one attached hydrogen (secondary N) is 1. The van der Waals surface area contributed by atoms with Crippen molar-refractivity contribution < 1.29 is 19.0 Å². The predicted molar refractivity (Wildman–Crippen MR) is 104 cm³/mol. The Bertz CT molecular complexity index is 768. The normalized spacial score (nSPS) is 10.8. The van der Waals surface area contributed by atoms with E-state index in [-0.39, 0.29) is 12.0 Å². The molecule has 1 amide bonds. The minimum absolute atomic E-state index is 0.0569. The van der Waals surface area contributed by atoms with Crippen molar-refractivity contribution in [2.24, 2.45) is 0 Å². The van der Waals surface area contributed by atoms with Crippen molar-refractivity contribution in [3.05, 3.63) is 54.1 Å². The van der Waals surface area contributed by atoms with Crippen LogP contribution in [-0.2, 0) is 4.79 Å². The van der Waals surface area contributed by atoms with Gasteiger partial charge in [-0.25, -0.2) is 0 Å². The van der Waals surface area contributed by atoms with Gasteiger partial charge in [0, 0.05) is 6.08 Å². The Balaban J connectivity index is 2.08. The minimum atomic E-state index is -0.237. The number of carbonyl (C=O) groups is 1. The Hall–Kier alpha value is -2.95. The fourth-order valence-electron chi connectivity index (χ4n) is 2.34. The van der Waals surface area contributed by atoms with Gasteiger partial charge in [-0.05, 0) is 56.7 Å². The van der Waals surface area contributed by atoms with E-state index in [1.54, 1.807) is 19.3 Å². The molecule has 0 heterocycles. The summed E-state index contributed by atoms with van der Waals surface area (Å²) in [5.41, 5.74) is 1.48. The van der Waals surface area contributed by atoms with E-state index in [9.17, 15) is 4.79 Å². The lowest BCUT2D eigenvalue weighted by Gasteiger charge is -2.13. The maximum Gasteiger partial charge on any atom is 0.248 e. The first-order chi connectivity index (χ1) is 12.5. The molecule has 0 unspecified atom stereocenters. The number of hydrogen-bond acceptors (Lipinski definition) is 4. The van der Waals surface area contributed by atoms with Crippen molar-refractivity contribution in [1.29, 1.82) is 0 Å². The van der Waals surface area contributed by atoms with Gasteiger partial charge in [0.1, 0.15) is 5.75 Å². The zero-order valence-electron chi connectivity index (χ0n) is 15.6. The Morgan fingerprint density at radius 2 is 1.88 bits per heavy atom. The first-order valence-corrected chi connectivity index (χ1v) is 8.59. The zero-order chi connectivity index (χ0) is 18.9. The third-order valence-corrected chi connectivity index (χ3v) is 3.42. The number of anilines is 1. The number of hydrogen-bond donors (Lipinski definition) is 1. The van der Waals surface area contributed by atoms with Gasteiger partial charge < -0.3 is 19.5 Å². The second kappa shape index (κ2) is 9.51. The quantitative estimate of drug-likeness (QED) is 0.707. The molecule has 0 saturated heterocycles. The molecule has 0 saturated carbocycles. The van der Waals surface area contributed by atoms with Crippen molar-refractivity contribution in [2.75, 3.05) is 19.0 Å².